The Morgan fingerprint density at radius 3 is 2.67 bits per heavy atom. The van der Waals surface area contributed by atoms with Crippen molar-refractivity contribution in [2.45, 2.75) is 26.9 Å². The lowest BCUT2D eigenvalue weighted by Gasteiger charge is -2.31. The van der Waals surface area contributed by atoms with Crippen LogP contribution in [0.15, 0.2) is 18.2 Å². The van der Waals surface area contributed by atoms with Gasteiger partial charge >= 0.3 is 0 Å². The molecule has 21 heavy (non-hydrogen) atoms. The van der Waals surface area contributed by atoms with E-state index in [2.05, 4.69) is 9.97 Å². The zero-order valence-electron chi connectivity index (χ0n) is 12.6. The molecule has 110 valence electrons. The third-order valence-corrected chi connectivity index (χ3v) is 3.85. The number of ether oxygens (including phenoxy) is 1. The van der Waals surface area contributed by atoms with E-state index in [9.17, 15) is 4.79 Å². The second-order valence-corrected chi connectivity index (χ2v) is 5.53. The number of aryl methyl sites for hydroxylation is 2. The van der Waals surface area contributed by atoms with Gasteiger partial charge in [0, 0.05) is 18.7 Å². The van der Waals surface area contributed by atoms with Gasteiger partial charge in [-0.2, -0.15) is 0 Å². The highest BCUT2D eigenvalue weighted by molar-refractivity contribution is 5.97. The number of hydrogen-bond donors (Lipinski definition) is 0. The maximum absolute atomic E-state index is 12.6. The van der Waals surface area contributed by atoms with Crippen LogP contribution in [0.3, 0.4) is 0 Å². The Balaban J connectivity index is 1.93. The van der Waals surface area contributed by atoms with Gasteiger partial charge in [0.05, 0.1) is 35.1 Å². The van der Waals surface area contributed by atoms with Crippen LogP contribution in [0.1, 0.15) is 28.7 Å². The van der Waals surface area contributed by atoms with Crippen molar-refractivity contribution in [3.05, 3.63) is 35.2 Å². The van der Waals surface area contributed by atoms with Gasteiger partial charge in [0.25, 0.3) is 5.91 Å². The molecule has 2 heterocycles. The van der Waals surface area contributed by atoms with E-state index in [-0.39, 0.29) is 12.0 Å². The predicted octanol–water partition coefficient (Wildman–Crippen LogP) is 2.11. The van der Waals surface area contributed by atoms with Crippen LogP contribution in [0.25, 0.3) is 11.0 Å². The molecular formula is C16H19N3O2. The molecule has 1 aromatic carbocycles. The molecule has 1 fully saturated rings. The summed E-state index contributed by atoms with van der Waals surface area (Å²) in [7, 11) is 0. The minimum Gasteiger partial charge on any atom is -0.375 e. The van der Waals surface area contributed by atoms with Crippen molar-refractivity contribution in [2.24, 2.45) is 0 Å². The summed E-state index contributed by atoms with van der Waals surface area (Å²) in [6.07, 6.45) is 0.0906. The molecule has 1 saturated heterocycles. The monoisotopic (exact) mass is 285 g/mol. The zero-order valence-corrected chi connectivity index (χ0v) is 12.6. The van der Waals surface area contributed by atoms with E-state index in [4.69, 9.17) is 4.74 Å². The van der Waals surface area contributed by atoms with Gasteiger partial charge in [0.2, 0.25) is 0 Å². The lowest BCUT2D eigenvalue weighted by molar-refractivity contribution is -0.0124. The second-order valence-electron chi connectivity index (χ2n) is 5.53. The van der Waals surface area contributed by atoms with Crippen LogP contribution >= 0.6 is 0 Å². The van der Waals surface area contributed by atoms with E-state index in [1.54, 1.807) is 0 Å². The Kier molecular flexibility index (Phi) is 3.59. The molecule has 1 atom stereocenters. The maximum Gasteiger partial charge on any atom is 0.254 e. The number of morpholine rings is 1. The Hall–Kier alpha value is -2.01. The van der Waals surface area contributed by atoms with Crippen molar-refractivity contribution in [1.29, 1.82) is 0 Å². The maximum atomic E-state index is 12.6. The number of fused-ring (bicyclic) bond motifs is 1. The van der Waals surface area contributed by atoms with Crippen LogP contribution in [0, 0.1) is 13.8 Å². The molecule has 0 N–H and O–H groups in total. The number of aromatic nitrogens is 2. The molecule has 0 aliphatic carbocycles. The van der Waals surface area contributed by atoms with Crippen LogP contribution in [0.5, 0.6) is 0 Å². The summed E-state index contributed by atoms with van der Waals surface area (Å²) in [6.45, 7) is 7.72. The van der Waals surface area contributed by atoms with E-state index < -0.39 is 0 Å². The fourth-order valence-electron chi connectivity index (χ4n) is 2.55. The van der Waals surface area contributed by atoms with Crippen molar-refractivity contribution in [3.63, 3.8) is 0 Å². The molecule has 2 aromatic rings. The molecule has 1 aromatic heterocycles. The van der Waals surface area contributed by atoms with Crippen molar-refractivity contribution >= 4 is 16.9 Å². The molecule has 5 nitrogen and oxygen atoms in total. The molecule has 0 radical (unpaired) electrons. The Morgan fingerprint density at radius 1 is 1.24 bits per heavy atom. The van der Waals surface area contributed by atoms with Crippen molar-refractivity contribution in [2.75, 3.05) is 19.7 Å². The highest BCUT2D eigenvalue weighted by Gasteiger charge is 2.22. The molecule has 1 amide bonds. The molecule has 0 spiro atoms. The smallest absolute Gasteiger partial charge is 0.254 e. The first kappa shape index (κ1) is 13.9. The molecular weight excluding hydrogens is 266 g/mol. The van der Waals surface area contributed by atoms with Gasteiger partial charge in [-0.05, 0) is 39.0 Å². The van der Waals surface area contributed by atoms with E-state index in [1.807, 2.05) is 43.9 Å². The van der Waals surface area contributed by atoms with Gasteiger partial charge in [0.15, 0.2) is 0 Å². The first-order valence-electron chi connectivity index (χ1n) is 7.20. The summed E-state index contributed by atoms with van der Waals surface area (Å²) in [5.74, 6) is 0.0343. The van der Waals surface area contributed by atoms with Crippen LogP contribution < -0.4 is 0 Å². The molecule has 0 unspecified atom stereocenters. The minimum absolute atomic E-state index is 0.0343. The Labute approximate surface area is 124 Å². The fourth-order valence-corrected chi connectivity index (χ4v) is 2.55. The summed E-state index contributed by atoms with van der Waals surface area (Å²) in [4.78, 5) is 23.4. The number of amides is 1. The van der Waals surface area contributed by atoms with Crippen LogP contribution in [-0.4, -0.2) is 46.6 Å². The number of nitrogens with zero attached hydrogens (tertiary/aromatic N) is 3. The first-order chi connectivity index (χ1) is 10.0. The highest BCUT2D eigenvalue weighted by Crippen LogP contribution is 2.17. The van der Waals surface area contributed by atoms with E-state index >= 15 is 0 Å². The zero-order chi connectivity index (χ0) is 15.0. The number of carbonyl (C=O) groups excluding carboxylic acids is 1. The van der Waals surface area contributed by atoms with Crippen LogP contribution in [0.2, 0.25) is 0 Å². The van der Waals surface area contributed by atoms with Crippen LogP contribution in [0.4, 0.5) is 0 Å². The minimum atomic E-state index is 0.0343. The van der Waals surface area contributed by atoms with Crippen molar-refractivity contribution in [1.82, 2.24) is 14.9 Å². The summed E-state index contributed by atoms with van der Waals surface area (Å²) in [6, 6.07) is 5.53. The van der Waals surface area contributed by atoms with Gasteiger partial charge < -0.3 is 9.64 Å². The summed E-state index contributed by atoms with van der Waals surface area (Å²) < 4.78 is 5.48. The molecule has 5 heteroatoms. The molecule has 0 saturated carbocycles. The quantitative estimate of drug-likeness (QED) is 0.805. The average molecular weight is 285 g/mol. The van der Waals surface area contributed by atoms with E-state index in [1.165, 1.54) is 0 Å². The molecule has 1 aliphatic rings. The third kappa shape index (κ3) is 2.74. The first-order valence-corrected chi connectivity index (χ1v) is 7.20. The summed E-state index contributed by atoms with van der Waals surface area (Å²) >= 11 is 0. The lowest BCUT2D eigenvalue weighted by Crippen LogP contribution is -2.44. The molecule has 1 aliphatic heterocycles. The predicted molar refractivity (Wildman–Crippen MR) is 80.3 cm³/mol. The second kappa shape index (κ2) is 5.41. The Bertz CT molecular complexity index is 699. The summed E-state index contributed by atoms with van der Waals surface area (Å²) in [5.41, 5.74) is 4.07. The van der Waals surface area contributed by atoms with Crippen molar-refractivity contribution < 1.29 is 9.53 Å². The largest absolute Gasteiger partial charge is 0.375 e. The van der Waals surface area contributed by atoms with Gasteiger partial charge in [-0.15, -0.1) is 0 Å². The summed E-state index contributed by atoms with van der Waals surface area (Å²) in [5, 5.41) is 0. The van der Waals surface area contributed by atoms with Gasteiger partial charge in [-0.25, -0.2) is 9.97 Å². The number of benzene rings is 1. The fraction of sp³-hybridized carbons (Fsp3) is 0.438. The van der Waals surface area contributed by atoms with E-state index in [0.29, 0.717) is 25.3 Å². The van der Waals surface area contributed by atoms with Gasteiger partial charge in [0.1, 0.15) is 0 Å². The number of rotatable bonds is 1. The SMILES string of the molecule is Cc1nc2ccc(C(=O)N3CCO[C@@H](C)C3)cc2nc1C. The topological polar surface area (TPSA) is 55.3 Å². The van der Waals surface area contributed by atoms with Gasteiger partial charge in [-0.3, -0.25) is 4.79 Å². The van der Waals surface area contributed by atoms with Crippen molar-refractivity contribution in [3.8, 4) is 0 Å². The number of hydrogen-bond acceptors (Lipinski definition) is 4. The number of carbonyl (C=O) groups is 1. The lowest BCUT2D eigenvalue weighted by atomic mass is 10.1. The van der Waals surface area contributed by atoms with Crippen LogP contribution in [-0.2, 0) is 4.74 Å². The third-order valence-electron chi connectivity index (χ3n) is 3.85. The normalized spacial score (nSPS) is 19.0. The van der Waals surface area contributed by atoms with Gasteiger partial charge in [-0.1, -0.05) is 0 Å². The Morgan fingerprint density at radius 2 is 1.95 bits per heavy atom. The van der Waals surface area contributed by atoms with E-state index in [0.717, 1.165) is 22.4 Å². The highest BCUT2D eigenvalue weighted by atomic mass is 16.5. The molecule has 0 bridgehead atoms. The standard InChI is InChI=1S/C16H19N3O2/c1-10-9-19(6-7-21-10)16(20)13-4-5-14-15(8-13)18-12(3)11(2)17-14/h4-5,8,10H,6-7,9H2,1-3H3/t10-/m0/s1. The average Bonchev–Trinajstić information content (AvgIpc) is 2.47. The molecule has 3 rings (SSSR count).